The van der Waals surface area contributed by atoms with Crippen LogP contribution in [0.3, 0.4) is 0 Å². The number of benzene rings is 2. The van der Waals surface area contributed by atoms with Crippen LogP contribution in [0.2, 0.25) is 0 Å². The lowest BCUT2D eigenvalue weighted by Gasteiger charge is -2.35. The molecule has 0 saturated carbocycles. The Hall–Kier alpha value is -3.78. The highest BCUT2D eigenvalue weighted by atomic mass is 16.5. The number of carbonyl (C=O) groups is 2. The maximum atomic E-state index is 13.1. The minimum Gasteiger partial charge on any atom is -0.506 e. The Bertz CT molecular complexity index is 1350. The van der Waals surface area contributed by atoms with E-state index in [0.717, 1.165) is 37.1 Å². The second kappa shape index (κ2) is 14.8. The molecular weight excluding hydrogens is 556 g/mol. The summed E-state index contributed by atoms with van der Waals surface area (Å²) in [5.41, 5.74) is 0.863. The van der Waals surface area contributed by atoms with Crippen molar-refractivity contribution in [2.75, 3.05) is 40.9 Å². The molecule has 0 radical (unpaired) electrons. The molecule has 1 aliphatic heterocycles. The minimum atomic E-state index is -0.520. The van der Waals surface area contributed by atoms with Crippen LogP contribution in [-0.4, -0.2) is 84.8 Å². The standard InChI is InChI=1S/C36H50N2O6/c1-25(2)37(26(3)4)33(40)24-38(7,8)21-11-10-12-22-43-28-16-13-27(14-17-28)15-18-30(39)34-32(42-9)23-31-29(35(34)41)19-20-36(5,6)44-31/h13-20,23,25-26H,10-12,21-22,24H2,1-9H3/p+1/b18-15+. The molecule has 44 heavy (non-hydrogen) atoms. The SMILES string of the molecule is COc1cc2c(c(O)c1C(=O)/C=C/c1ccc(OCCCCC[N+](C)(C)CC(=O)N(C(C)C)C(C)C)cc1)C=CC(C)(C)O2. The Morgan fingerprint density at radius 2 is 1.70 bits per heavy atom. The zero-order chi connectivity index (χ0) is 32.7. The van der Waals surface area contributed by atoms with E-state index in [1.54, 1.807) is 18.2 Å². The van der Waals surface area contributed by atoms with E-state index in [-0.39, 0.29) is 40.8 Å². The molecule has 8 heteroatoms. The predicted octanol–water partition coefficient (Wildman–Crippen LogP) is 6.75. The molecule has 0 fully saturated rings. The number of allylic oxidation sites excluding steroid dienone is 1. The number of quaternary nitrogens is 1. The number of ether oxygens (including phenoxy) is 3. The van der Waals surface area contributed by atoms with Gasteiger partial charge in [0.1, 0.15) is 34.2 Å². The monoisotopic (exact) mass is 607 g/mol. The predicted molar refractivity (Wildman–Crippen MR) is 177 cm³/mol. The van der Waals surface area contributed by atoms with E-state index in [0.29, 0.717) is 28.9 Å². The van der Waals surface area contributed by atoms with Crippen molar-refractivity contribution in [3.05, 3.63) is 59.2 Å². The summed E-state index contributed by atoms with van der Waals surface area (Å²) >= 11 is 0. The number of aromatic hydroxyl groups is 1. The molecule has 1 amide bonds. The van der Waals surface area contributed by atoms with E-state index in [1.807, 2.05) is 49.1 Å². The highest BCUT2D eigenvalue weighted by Crippen LogP contribution is 2.43. The first kappa shape index (κ1) is 34.7. The summed E-state index contributed by atoms with van der Waals surface area (Å²) in [7, 11) is 5.70. The van der Waals surface area contributed by atoms with Gasteiger partial charge >= 0.3 is 0 Å². The van der Waals surface area contributed by atoms with Gasteiger partial charge in [0.25, 0.3) is 5.91 Å². The summed E-state index contributed by atoms with van der Waals surface area (Å²) in [6.07, 6.45) is 9.71. The number of hydrogen-bond donors (Lipinski definition) is 1. The van der Waals surface area contributed by atoms with Crippen LogP contribution in [-0.2, 0) is 4.79 Å². The normalized spacial score (nSPS) is 14.1. The van der Waals surface area contributed by atoms with Crippen LogP contribution in [0.4, 0.5) is 0 Å². The average molecular weight is 608 g/mol. The molecule has 0 atom stereocenters. The molecule has 2 aromatic carbocycles. The van der Waals surface area contributed by atoms with Crippen molar-refractivity contribution < 1.29 is 33.4 Å². The third-order valence-electron chi connectivity index (χ3n) is 7.70. The molecule has 1 aliphatic rings. The molecule has 0 aromatic heterocycles. The van der Waals surface area contributed by atoms with Gasteiger partial charge in [-0.3, -0.25) is 9.59 Å². The first-order chi connectivity index (χ1) is 20.6. The zero-order valence-corrected chi connectivity index (χ0v) is 28.0. The molecule has 240 valence electrons. The Morgan fingerprint density at radius 1 is 1.05 bits per heavy atom. The zero-order valence-electron chi connectivity index (χ0n) is 28.0. The number of carbonyl (C=O) groups excluding carboxylic acids is 2. The van der Waals surface area contributed by atoms with Crippen molar-refractivity contribution >= 4 is 23.8 Å². The van der Waals surface area contributed by atoms with E-state index < -0.39 is 5.60 Å². The van der Waals surface area contributed by atoms with Gasteiger partial charge in [0.15, 0.2) is 12.3 Å². The largest absolute Gasteiger partial charge is 0.506 e. The van der Waals surface area contributed by atoms with Crippen LogP contribution >= 0.6 is 0 Å². The minimum absolute atomic E-state index is 0.0947. The fourth-order valence-electron chi connectivity index (χ4n) is 5.52. The Morgan fingerprint density at radius 3 is 2.32 bits per heavy atom. The third-order valence-corrected chi connectivity index (χ3v) is 7.70. The summed E-state index contributed by atoms with van der Waals surface area (Å²) in [5.74, 6) is 1.16. The van der Waals surface area contributed by atoms with Crippen LogP contribution < -0.4 is 14.2 Å². The highest BCUT2D eigenvalue weighted by Gasteiger charge is 2.29. The number of rotatable bonds is 15. The molecule has 3 rings (SSSR count). The summed E-state index contributed by atoms with van der Waals surface area (Å²) in [6, 6.07) is 9.58. The van der Waals surface area contributed by atoms with Crippen molar-refractivity contribution in [2.45, 2.75) is 78.5 Å². The van der Waals surface area contributed by atoms with Crippen molar-refractivity contribution in [1.29, 1.82) is 0 Å². The highest BCUT2D eigenvalue weighted by molar-refractivity contribution is 6.11. The summed E-state index contributed by atoms with van der Waals surface area (Å²) < 4.78 is 17.9. The third kappa shape index (κ3) is 9.36. The Balaban J connectivity index is 1.47. The number of phenols is 1. The molecule has 8 nitrogen and oxygen atoms in total. The Labute approximate surface area is 263 Å². The number of hydrogen-bond acceptors (Lipinski definition) is 6. The lowest BCUT2D eigenvalue weighted by atomic mass is 9.97. The van der Waals surface area contributed by atoms with Crippen LogP contribution in [0.25, 0.3) is 12.2 Å². The van der Waals surface area contributed by atoms with Crippen molar-refractivity contribution in [2.24, 2.45) is 0 Å². The quantitative estimate of drug-likeness (QED) is 0.104. The van der Waals surface area contributed by atoms with Gasteiger partial charge in [-0.05, 0) is 96.7 Å². The average Bonchev–Trinajstić information content (AvgIpc) is 2.92. The molecule has 0 bridgehead atoms. The second-order valence-corrected chi connectivity index (χ2v) is 13.2. The van der Waals surface area contributed by atoms with E-state index in [4.69, 9.17) is 14.2 Å². The molecular formula is C36H51N2O6+. The molecule has 0 saturated heterocycles. The van der Waals surface area contributed by atoms with Gasteiger partial charge in [-0.1, -0.05) is 18.2 Å². The van der Waals surface area contributed by atoms with Gasteiger partial charge in [0.2, 0.25) is 0 Å². The molecule has 1 N–H and O–H groups in total. The lowest BCUT2D eigenvalue weighted by Crippen LogP contribution is -2.52. The van der Waals surface area contributed by atoms with Gasteiger partial charge in [-0.25, -0.2) is 0 Å². The van der Waals surface area contributed by atoms with Crippen LogP contribution in [0.15, 0.2) is 42.5 Å². The number of fused-ring (bicyclic) bond motifs is 1. The van der Waals surface area contributed by atoms with E-state index >= 15 is 0 Å². The van der Waals surface area contributed by atoms with E-state index in [9.17, 15) is 14.7 Å². The van der Waals surface area contributed by atoms with Gasteiger partial charge in [0, 0.05) is 18.2 Å². The van der Waals surface area contributed by atoms with Gasteiger partial charge in [-0.15, -0.1) is 0 Å². The van der Waals surface area contributed by atoms with Crippen molar-refractivity contribution in [1.82, 2.24) is 4.90 Å². The van der Waals surface area contributed by atoms with Gasteiger partial charge in [-0.2, -0.15) is 0 Å². The number of unbranched alkanes of at least 4 members (excludes halogenated alkanes) is 2. The first-order valence-corrected chi connectivity index (χ1v) is 15.5. The fourth-order valence-corrected chi connectivity index (χ4v) is 5.52. The van der Waals surface area contributed by atoms with E-state index in [1.165, 1.54) is 13.2 Å². The smallest absolute Gasteiger partial charge is 0.278 e. The molecule has 2 aromatic rings. The number of amides is 1. The topological polar surface area (TPSA) is 85.3 Å². The number of nitrogens with zero attached hydrogens (tertiary/aromatic N) is 2. The summed E-state index contributed by atoms with van der Waals surface area (Å²) in [6.45, 7) is 14.2. The van der Waals surface area contributed by atoms with E-state index in [2.05, 4.69) is 41.8 Å². The first-order valence-electron chi connectivity index (χ1n) is 15.5. The number of methoxy groups -OCH3 is 1. The lowest BCUT2D eigenvalue weighted by molar-refractivity contribution is -0.883. The summed E-state index contributed by atoms with van der Waals surface area (Å²) in [5, 5.41) is 10.9. The van der Waals surface area contributed by atoms with Gasteiger partial charge in [0.05, 0.1) is 39.9 Å². The molecule has 0 spiro atoms. The van der Waals surface area contributed by atoms with Crippen LogP contribution in [0.5, 0.6) is 23.0 Å². The van der Waals surface area contributed by atoms with Gasteiger partial charge < -0.3 is 28.7 Å². The molecule has 0 unspecified atom stereocenters. The number of likely N-dealkylation sites (N-methyl/N-ethyl adjacent to an activating group) is 1. The molecule has 0 aliphatic carbocycles. The maximum Gasteiger partial charge on any atom is 0.278 e. The van der Waals surface area contributed by atoms with Crippen LogP contribution in [0.1, 0.15) is 82.3 Å². The maximum absolute atomic E-state index is 13.1. The Kier molecular flexibility index (Phi) is 11.7. The number of ketones is 1. The van der Waals surface area contributed by atoms with Crippen molar-refractivity contribution in [3.8, 4) is 23.0 Å². The molecule has 1 heterocycles. The second-order valence-electron chi connectivity index (χ2n) is 13.2. The van der Waals surface area contributed by atoms with Crippen molar-refractivity contribution in [3.63, 3.8) is 0 Å². The summed E-state index contributed by atoms with van der Waals surface area (Å²) in [4.78, 5) is 27.9. The number of phenolic OH excluding ortho intramolecular Hbond substituents is 1. The van der Waals surface area contributed by atoms with Crippen LogP contribution in [0, 0.1) is 0 Å². The fraction of sp³-hybridized carbons (Fsp3) is 0.500.